The monoisotopic (exact) mass is 237 g/mol. The molecule has 4 heteroatoms. The standard InChI is InChI=1S/C11H11NOS2/c1-7-8(2)14-5-10(7)11(13)3-9-4-12-6-15-9/h4-6H,3H2,1-2H3. The van der Waals surface area contributed by atoms with Crippen molar-refractivity contribution in [3.63, 3.8) is 0 Å². The van der Waals surface area contributed by atoms with Gasteiger partial charge in [0.25, 0.3) is 0 Å². The molecular weight excluding hydrogens is 226 g/mol. The zero-order valence-corrected chi connectivity index (χ0v) is 10.2. The first kappa shape index (κ1) is 10.5. The SMILES string of the molecule is Cc1scc(C(=O)Cc2cncs2)c1C. The van der Waals surface area contributed by atoms with Gasteiger partial charge in [0, 0.05) is 33.3 Å². The molecule has 0 radical (unpaired) electrons. The van der Waals surface area contributed by atoms with Crippen molar-refractivity contribution in [2.45, 2.75) is 20.3 Å². The summed E-state index contributed by atoms with van der Waals surface area (Å²) in [5.74, 6) is 0.195. The number of carbonyl (C=O) groups excluding carboxylic acids is 1. The second-order valence-electron chi connectivity index (χ2n) is 3.40. The minimum Gasteiger partial charge on any atom is -0.294 e. The Morgan fingerprint density at radius 1 is 1.40 bits per heavy atom. The van der Waals surface area contributed by atoms with Gasteiger partial charge in [0.05, 0.1) is 5.51 Å². The predicted octanol–water partition coefficient (Wildman–Crippen LogP) is 3.25. The molecule has 0 amide bonds. The Morgan fingerprint density at radius 2 is 2.20 bits per heavy atom. The molecule has 2 aromatic heterocycles. The number of thiophene rings is 1. The molecule has 0 aliphatic heterocycles. The molecule has 0 fully saturated rings. The van der Waals surface area contributed by atoms with Crippen molar-refractivity contribution < 1.29 is 4.79 Å². The normalized spacial score (nSPS) is 10.5. The Hall–Kier alpha value is -1.000. The third-order valence-corrected chi connectivity index (χ3v) is 4.20. The summed E-state index contributed by atoms with van der Waals surface area (Å²) in [4.78, 5) is 18.2. The zero-order valence-electron chi connectivity index (χ0n) is 8.61. The highest BCUT2D eigenvalue weighted by atomic mass is 32.1. The maximum Gasteiger partial charge on any atom is 0.169 e. The first-order chi connectivity index (χ1) is 7.18. The van der Waals surface area contributed by atoms with Gasteiger partial charge in [-0.2, -0.15) is 0 Å². The number of carbonyl (C=O) groups is 1. The molecule has 2 nitrogen and oxygen atoms in total. The van der Waals surface area contributed by atoms with E-state index in [1.165, 1.54) is 16.2 Å². The van der Waals surface area contributed by atoms with E-state index in [1.54, 1.807) is 23.0 Å². The van der Waals surface area contributed by atoms with Crippen LogP contribution in [0.1, 0.15) is 25.7 Å². The Kier molecular flexibility index (Phi) is 2.98. The maximum atomic E-state index is 11.9. The first-order valence-electron chi connectivity index (χ1n) is 4.63. The highest BCUT2D eigenvalue weighted by Crippen LogP contribution is 2.22. The number of aromatic nitrogens is 1. The second-order valence-corrected chi connectivity index (χ2v) is 5.45. The van der Waals surface area contributed by atoms with Gasteiger partial charge in [-0.3, -0.25) is 9.78 Å². The van der Waals surface area contributed by atoms with E-state index in [9.17, 15) is 4.79 Å². The van der Waals surface area contributed by atoms with Gasteiger partial charge in [-0.05, 0) is 19.4 Å². The second kappa shape index (κ2) is 4.24. The van der Waals surface area contributed by atoms with Crippen LogP contribution in [0.5, 0.6) is 0 Å². The van der Waals surface area contributed by atoms with Gasteiger partial charge < -0.3 is 0 Å². The largest absolute Gasteiger partial charge is 0.294 e. The van der Waals surface area contributed by atoms with Crippen LogP contribution in [-0.4, -0.2) is 10.8 Å². The lowest BCUT2D eigenvalue weighted by Crippen LogP contribution is -2.02. The van der Waals surface area contributed by atoms with Crippen molar-refractivity contribution in [2.24, 2.45) is 0 Å². The third-order valence-electron chi connectivity index (χ3n) is 2.40. The number of hydrogen-bond acceptors (Lipinski definition) is 4. The van der Waals surface area contributed by atoms with E-state index in [-0.39, 0.29) is 5.78 Å². The van der Waals surface area contributed by atoms with Crippen LogP contribution in [0.4, 0.5) is 0 Å². The van der Waals surface area contributed by atoms with Crippen LogP contribution in [0, 0.1) is 13.8 Å². The van der Waals surface area contributed by atoms with Crippen LogP contribution in [0.15, 0.2) is 17.1 Å². The highest BCUT2D eigenvalue weighted by molar-refractivity contribution is 7.10. The summed E-state index contributed by atoms with van der Waals surface area (Å²) >= 11 is 3.17. The Morgan fingerprint density at radius 3 is 2.73 bits per heavy atom. The number of Topliss-reactive ketones (excluding diaryl/α,β-unsaturated/α-hetero) is 1. The fraction of sp³-hybridized carbons (Fsp3) is 0.273. The number of ketones is 1. The van der Waals surface area contributed by atoms with Gasteiger partial charge in [-0.1, -0.05) is 0 Å². The van der Waals surface area contributed by atoms with Crippen molar-refractivity contribution in [3.8, 4) is 0 Å². The van der Waals surface area contributed by atoms with Gasteiger partial charge in [-0.15, -0.1) is 22.7 Å². The quantitative estimate of drug-likeness (QED) is 0.767. The summed E-state index contributed by atoms with van der Waals surface area (Å²) < 4.78 is 0. The molecule has 0 spiro atoms. The number of hydrogen-bond donors (Lipinski definition) is 0. The molecule has 0 aromatic carbocycles. The lowest BCUT2D eigenvalue weighted by Gasteiger charge is -1.97. The summed E-state index contributed by atoms with van der Waals surface area (Å²) in [6, 6.07) is 0. The summed E-state index contributed by atoms with van der Waals surface area (Å²) in [5, 5.41) is 1.95. The molecule has 2 heterocycles. The molecule has 15 heavy (non-hydrogen) atoms. The highest BCUT2D eigenvalue weighted by Gasteiger charge is 2.13. The Bertz CT molecular complexity index is 471. The molecule has 0 N–H and O–H groups in total. The van der Waals surface area contributed by atoms with E-state index in [1.807, 2.05) is 19.2 Å². The van der Waals surface area contributed by atoms with Crippen LogP contribution in [-0.2, 0) is 6.42 Å². The lowest BCUT2D eigenvalue weighted by molar-refractivity contribution is 0.0993. The van der Waals surface area contributed by atoms with Crippen molar-refractivity contribution >= 4 is 28.5 Å². The minimum atomic E-state index is 0.195. The van der Waals surface area contributed by atoms with Gasteiger partial charge in [0.1, 0.15) is 0 Å². The summed E-state index contributed by atoms with van der Waals surface area (Å²) in [5.41, 5.74) is 3.74. The van der Waals surface area contributed by atoms with E-state index in [0.29, 0.717) is 6.42 Å². The average Bonchev–Trinajstić information content (AvgIpc) is 2.79. The molecule has 0 aliphatic carbocycles. The third kappa shape index (κ3) is 2.16. The van der Waals surface area contributed by atoms with Gasteiger partial charge in [0.2, 0.25) is 0 Å². The van der Waals surface area contributed by atoms with Crippen LogP contribution in [0.2, 0.25) is 0 Å². The summed E-state index contributed by atoms with van der Waals surface area (Å²) in [6.07, 6.45) is 2.23. The lowest BCUT2D eigenvalue weighted by atomic mass is 10.1. The number of aryl methyl sites for hydroxylation is 1. The summed E-state index contributed by atoms with van der Waals surface area (Å²) in [7, 11) is 0. The average molecular weight is 237 g/mol. The van der Waals surface area contributed by atoms with E-state index < -0.39 is 0 Å². The number of nitrogens with zero attached hydrogens (tertiary/aromatic N) is 1. The van der Waals surface area contributed by atoms with Crippen LogP contribution >= 0.6 is 22.7 Å². The topological polar surface area (TPSA) is 30.0 Å². The molecule has 0 aliphatic rings. The molecular formula is C11H11NOS2. The van der Waals surface area contributed by atoms with Crippen LogP contribution in [0.25, 0.3) is 0 Å². The Labute approximate surface area is 96.6 Å². The fourth-order valence-corrected chi connectivity index (χ4v) is 2.85. The van der Waals surface area contributed by atoms with Gasteiger partial charge in [0.15, 0.2) is 5.78 Å². The van der Waals surface area contributed by atoms with Crippen molar-refractivity contribution in [1.82, 2.24) is 4.98 Å². The molecule has 2 aromatic rings. The van der Waals surface area contributed by atoms with E-state index in [4.69, 9.17) is 0 Å². The predicted molar refractivity (Wildman–Crippen MR) is 63.9 cm³/mol. The maximum absolute atomic E-state index is 11.9. The molecule has 0 saturated carbocycles. The van der Waals surface area contributed by atoms with E-state index in [2.05, 4.69) is 4.98 Å². The molecule has 0 unspecified atom stereocenters. The number of thiazole rings is 1. The van der Waals surface area contributed by atoms with Crippen LogP contribution < -0.4 is 0 Å². The summed E-state index contributed by atoms with van der Waals surface area (Å²) in [6.45, 7) is 4.05. The van der Waals surface area contributed by atoms with Gasteiger partial charge in [-0.25, -0.2) is 0 Å². The van der Waals surface area contributed by atoms with Gasteiger partial charge >= 0.3 is 0 Å². The molecule has 0 saturated heterocycles. The molecule has 78 valence electrons. The first-order valence-corrected chi connectivity index (χ1v) is 6.39. The van der Waals surface area contributed by atoms with Crippen molar-refractivity contribution in [3.05, 3.63) is 38.0 Å². The molecule has 0 bridgehead atoms. The minimum absolute atomic E-state index is 0.195. The van der Waals surface area contributed by atoms with Crippen LogP contribution in [0.3, 0.4) is 0 Å². The van der Waals surface area contributed by atoms with E-state index >= 15 is 0 Å². The van der Waals surface area contributed by atoms with Crippen molar-refractivity contribution in [1.29, 1.82) is 0 Å². The number of rotatable bonds is 3. The zero-order chi connectivity index (χ0) is 10.8. The Balaban J connectivity index is 2.19. The van der Waals surface area contributed by atoms with E-state index in [0.717, 1.165) is 16.0 Å². The molecule has 0 atom stereocenters. The molecule has 2 rings (SSSR count). The van der Waals surface area contributed by atoms with Crippen molar-refractivity contribution in [2.75, 3.05) is 0 Å². The smallest absolute Gasteiger partial charge is 0.169 e. The fourth-order valence-electron chi connectivity index (χ4n) is 1.37.